The number of carbonyl (C=O) groups excluding carboxylic acids is 3. The summed E-state index contributed by atoms with van der Waals surface area (Å²) in [7, 11) is 0. The van der Waals surface area contributed by atoms with Gasteiger partial charge in [-0.05, 0) is 26.2 Å². The molecular formula is C15H28N4O5S. The molecule has 0 heterocycles. The van der Waals surface area contributed by atoms with Crippen molar-refractivity contribution in [2.24, 2.45) is 11.7 Å². The second-order valence-electron chi connectivity index (χ2n) is 6.29. The molecule has 25 heavy (non-hydrogen) atoms. The monoisotopic (exact) mass is 376 g/mol. The van der Waals surface area contributed by atoms with E-state index in [0.29, 0.717) is 0 Å². The maximum atomic E-state index is 12.2. The summed E-state index contributed by atoms with van der Waals surface area (Å²) in [5.74, 6) is -2.86. The lowest BCUT2D eigenvalue weighted by Crippen LogP contribution is -2.56. The molecule has 4 unspecified atom stereocenters. The van der Waals surface area contributed by atoms with Crippen LogP contribution in [0.5, 0.6) is 0 Å². The predicted octanol–water partition coefficient (Wildman–Crippen LogP) is -1.13. The maximum Gasteiger partial charge on any atom is 0.326 e. The molecular weight excluding hydrogens is 348 g/mol. The first-order valence-electron chi connectivity index (χ1n) is 7.99. The highest BCUT2D eigenvalue weighted by molar-refractivity contribution is 7.80. The second kappa shape index (κ2) is 10.9. The lowest BCUT2D eigenvalue weighted by Gasteiger charge is -2.23. The second-order valence-corrected chi connectivity index (χ2v) is 6.66. The molecule has 6 N–H and O–H groups in total. The van der Waals surface area contributed by atoms with Crippen molar-refractivity contribution in [1.82, 2.24) is 16.0 Å². The van der Waals surface area contributed by atoms with Crippen molar-refractivity contribution >= 4 is 36.3 Å². The Hall–Kier alpha value is -1.81. The first-order chi connectivity index (χ1) is 11.5. The lowest BCUT2D eigenvalue weighted by atomic mass is 10.0. The van der Waals surface area contributed by atoms with Crippen LogP contribution in [0.25, 0.3) is 0 Å². The van der Waals surface area contributed by atoms with Gasteiger partial charge in [0.1, 0.15) is 18.1 Å². The van der Waals surface area contributed by atoms with E-state index in [9.17, 15) is 19.2 Å². The average Bonchev–Trinajstić information content (AvgIpc) is 2.50. The molecule has 0 saturated carbocycles. The van der Waals surface area contributed by atoms with Crippen LogP contribution in [0.4, 0.5) is 0 Å². The van der Waals surface area contributed by atoms with Gasteiger partial charge in [-0.3, -0.25) is 14.4 Å². The summed E-state index contributed by atoms with van der Waals surface area (Å²) in [6.07, 6.45) is 0.259. The summed E-state index contributed by atoms with van der Waals surface area (Å²) in [5, 5.41) is 16.4. The van der Waals surface area contributed by atoms with Crippen LogP contribution >= 0.6 is 12.6 Å². The minimum Gasteiger partial charge on any atom is -0.480 e. The van der Waals surface area contributed by atoms with Gasteiger partial charge in [0.05, 0.1) is 6.04 Å². The van der Waals surface area contributed by atoms with E-state index in [-0.39, 0.29) is 18.1 Å². The molecule has 9 nitrogen and oxygen atoms in total. The molecule has 144 valence electrons. The van der Waals surface area contributed by atoms with Gasteiger partial charge in [0, 0.05) is 5.75 Å². The molecule has 0 fully saturated rings. The third-order valence-electron chi connectivity index (χ3n) is 3.30. The van der Waals surface area contributed by atoms with Gasteiger partial charge in [0.15, 0.2) is 0 Å². The molecule has 0 spiro atoms. The topological polar surface area (TPSA) is 151 Å². The Bertz CT molecular complexity index is 498. The number of hydrogen-bond donors (Lipinski definition) is 6. The summed E-state index contributed by atoms with van der Waals surface area (Å²) >= 11 is 4.01. The first kappa shape index (κ1) is 23.2. The molecule has 0 rings (SSSR count). The third kappa shape index (κ3) is 8.73. The number of amides is 3. The van der Waals surface area contributed by atoms with Crippen LogP contribution in [-0.4, -0.2) is 58.7 Å². The van der Waals surface area contributed by atoms with Crippen LogP contribution in [-0.2, 0) is 19.2 Å². The van der Waals surface area contributed by atoms with E-state index >= 15 is 0 Å². The molecule has 0 aliphatic carbocycles. The van der Waals surface area contributed by atoms with E-state index in [1.807, 2.05) is 13.8 Å². The maximum absolute atomic E-state index is 12.2. The number of hydrogen-bond acceptors (Lipinski definition) is 6. The summed E-state index contributed by atoms with van der Waals surface area (Å²) in [4.78, 5) is 47.0. The van der Waals surface area contributed by atoms with Crippen molar-refractivity contribution in [1.29, 1.82) is 0 Å². The summed E-state index contributed by atoms with van der Waals surface area (Å²) < 4.78 is 0. The Morgan fingerprint density at radius 2 is 1.44 bits per heavy atom. The Kier molecular flexibility index (Phi) is 10.1. The first-order valence-corrected chi connectivity index (χ1v) is 8.63. The van der Waals surface area contributed by atoms with E-state index in [1.165, 1.54) is 13.8 Å². The number of nitrogens with two attached hydrogens (primary N) is 1. The Labute approximate surface area is 152 Å². The fourth-order valence-electron chi connectivity index (χ4n) is 1.87. The zero-order chi connectivity index (χ0) is 19.7. The largest absolute Gasteiger partial charge is 0.480 e. The molecule has 0 aromatic rings. The van der Waals surface area contributed by atoms with Gasteiger partial charge in [-0.1, -0.05) is 13.8 Å². The van der Waals surface area contributed by atoms with Crippen LogP contribution in [0, 0.1) is 5.92 Å². The number of carboxylic acids is 1. The van der Waals surface area contributed by atoms with Gasteiger partial charge in [0.25, 0.3) is 0 Å². The number of rotatable bonds is 10. The molecule has 10 heteroatoms. The van der Waals surface area contributed by atoms with Crippen LogP contribution in [0.15, 0.2) is 0 Å². The SMILES string of the molecule is CC(C)CC(NC(=O)C(CS)NC(=O)C(C)NC(=O)C(C)N)C(=O)O. The van der Waals surface area contributed by atoms with Gasteiger partial charge in [-0.15, -0.1) is 0 Å². The lowest BCUT2D eigenvalue weighted by molar-refractivity contribution is -0.142. The van der Waals surface area contributed by atoms with Crippen LogP contribution in [0.1, 0.15) is 34.1 Å². The summed E-state index contributed by atoms with van der Waals surface area (Å²) in [6, 6.07) is -3.76. The minimum atomic E-state index is -1.15. The smallest absolute Gasteiger partial charge is 0.326 e. The summed E-state index contributed by atoms with van der Waals surface area (Å²) in [5.41, 5.74) is 5.41. The zero-order valence-electron chi connectivity index (χ0n) is 14.9. The van der Waals surface area contributed by atoms with Crippen molar-refractivity contribution in [3.05, 3.63) is 0 Å². The number of carboxylic acid groups (broad SMARTS) is 1. The summed E-state index contributed by atoms with van der Waals surface area (Å²) in [6.45, 7) is 6.60. The van der Waals surface area contributed by atoms with Gasteiger partial charge in [-0.2, -0.15) is 12.6 Å². The minimum absolute atomic E-state index is 0.0282. The molecule has 0 aromatic heterocycles. The van der Waals surface area contributed by atoms with E-state index in [4.69, 9.17) is 10.8 Å². The van der Waals surface area contributed by atoms with Crippen molar-refractivity contribution in [3.8, 4) is 0 Å². The Morgan fingerprint density at radius 3 is 1.84 bits per heavy atom. The van der Waals surface area contributed by atoms with Gasteiger partial charge in [0.2, 0.25) is 17.7 Å². The van der Waals surface area contributed by atoms with Gasteiger partial charge in [-0.25, -0.2) is 4.79 Å². The standard InChI is InChI=1S/C15H28N4O5S/c1-7(2)5-10(15(23)24)18-14(22)11(6-25)19-13(21)9(4)17-12(20)8(3)16/h7-11,25H,5-6,16H2,1-4H3,(H,17,20)(H,18,22)(H,19,21)(H,23,24). The normalized spacial score (nSPS) is 15.6. The van der Waals surface area contributed by atoms with Crippen molar-refractivity contribution in [3.63, 3.8) is 0 Å². The van der Waals surface area contributed by atoms with Crippen molar-refractivity contribution in [2.45, 2.75) is 58.3 Å². The number of nitrogens with one attached hydrogen (secondary N) is 3. The highest BCUT2D eigenvalue weighted by Gasteiger charge is 2.28. The molecule has 0 aromatic carbocycles. The van der Waals surface area contributed by atoms with Crippen molar-refractivity contribution in [2.75, 3.05) is 5.75 Å². The molecule has 0 bridgehead atoms. The fraction of sp³-hybridized carbons (Fsp3) is 0.733. The van der Waals surface area contributed by atoms with Gasteiger partial charge < -0.3 is 26.8 Å². The van der Waals surface area contributed by atoms with E-state index in [2.05, 4.69) is 28.6 Å². The highest BCUT2D eigenvalue weighted by Crippen LogP contribution is 2.05. The number of aliphatic carboxylic acids is 1. The fourth-order valence-corrected chi connectivity index (χ4v) is 2.12. The van der Waals surface area contributed by atoms with Crippen LogP contribution < -0.4 is 21.7 Å². The molecule has 4 atom stereocenters. The highest BCUT2D eigenvalue weighted by atomic mass is 32.1. The van der Waals surface area contributed by atoms with E-state index in [0.717, 1.165) is 0 Å². The van der Waals surface area contributed by atoms with Crippen LogP contribution in [0.2, 0.25) is 0 Å². The Morgan fingerprint density at radius 1 is 0.920 bits per heavy atom. The van der Waals surface area contributed by atoms with Crippen LogP contribution in [0.3, 0.4) is 0 Å². The molecule has 0 aliphatic heterocycles. The van der Waals surface area contributed by atoms with E-state index < -0.39 is 47.9 Å². The predicted molar refractivity (Wildman–Crippen MR) is 96.1 cm³/mol. The molecule has 3 amide bonds. The zero-order valence-corrected chi connectivity index (χ0v) is 15.8. The molecule has 0 saturated heterocycles. The average molecular weight is 376 g/mol. The van der Waals surface area contributed by atoms with Crippen molar-refractivity contribution < 1.29 is 24.3 Å². The third-order valence-corrected chi connectivity index (χ3v) is 3.67. The number of carbonyl (C=O) groups is 4. The molecule has 0 aliphatic rings. The number of thiol groups is 1. The van der Waals surface area contributed by atoms with E-state index in [1.54, 1.807) is 0 Å². The van der Waals surface area contributed by atoms with Gasteiger partial charge >= 0.3 is 5.97 Å². The quantitative estimate of drug-likeness (QED) is 0.266. The molecule has 0 radical (unpaired) electrons. The Balaban J connectivity index is 4.79.